The van der Waals surface area contributed by atoms with Gasteiger partial charge in [-0.3, -0.25) is 9.59 Å². The van der Waals surface area contributed by atoms with Crippen molar-refractivity contribution in [2.45, 2.75) is 19.8 Å². The standard InChI is InChI=1S/C14H19NO3/c1-11(14(17)18)6-5-9-15-10-13(16)12-7-3-2-4-8-12/h2-4,7-8,11,15H,5-6,9-10H2,1H3,(H,17,18)/t11-/m1/s1. The van der Waals surface area contributed by atoms with Crippen molar-refractivity contribution >= 4 is 11.8 Å². The average Bonchev–Trinajstić information content (AvgIpc) is 2.38. The molecule has 4 heteroatoms. The smallest absolute Gasteiger partial charge is 0.306 e. The minimum absolute atomic E-state index is 0.0573. The summed E-state index contributed by atoms with van der Waals surface area (Å²) in [5, 5.41) is 11.7. The Morgan fingerprint density at radius 2 is 1.94 bits per heavy atom. The molecule has 0 radical (unpaired) electrons. The zero-order chi connectivity index (χ0) is 13.4. The number of carbonyl (C=O) groups is 2. The van der Waals surface area contributed by atoms with Crippen LogP contribution >= 0.6 is 0 Å². The fourth-order valence-electron chi connectivity index (χ4n) is 1.58. The normalized spacial score (nSPS) is 12.1. The maximum atomic E-state index is 11.7. The molecule has 1 atom stereocenters. The molecule has 0 aliphatic rings. The first-order valence-electron chi connectivity index (χ1n) is 6.13. The summed E-state index contributed by atoms with van der Waals surface area (Å²) in [6, 6.07) is 9.12. The number of Topliss-reactive ketones (excluding diaryl/α,β-unsaturated/α-hetero) is 1. The predicted molar refractivity (Wildman–Crippen MR) is 69.7 cm³/mol. The van der Waals surface area contributed by atoms with E-state index < -0.39 is 5.97 Å². The summed E-state index contributed by atoms with van der Waals surface area (Å²) in [5.41, 5.74) is 0.698. The number of hydrogen-bond acceptors (Lipinski definition) is 3. The first-order valence-corrected chi connectivity index (χ1v) is 6.13. The lowest BCUT2D eigenvalue weighted by molar-refractivity contribution is -0.141. The number of benzene rings is 1. The van der Waals surface area contributed by atoms with Crippen LogP contribution in [0.2, 0.25) is 0 Å². The number of carboxylic acids is 1. The van der Waals surface area contributed by atoms with Crippen LogP contribution in [-0.4, -0.2) is 29.9 Å². The molecule has 98 valence electrons. The van der Waals surface area contributed by atoms with Gasteiger partial charge in [0.15, 0.2) is 5.78 Å². The van der Waals surface area contributed by atoms with Gasteiger partial charge >= 0.3 is 5.97 Å². The van der Waals surface area contributed by atoms with E-state index in [0.717, 1.165) is 6.42 Å². The van der Waals surface area contributed by atoms with Crippen LogP contribution in [0.25, 0.3) is 0 Å². The molecule has 2 N–H and O–H groups in total. The molecule has 0 aromatic heterocycles. The highest BCUT2D eigenvalue weighted by atomic mass is 16.4. The molecule has 1 rings (SSSR count). The Morgan fingerprint density at radius 1 is 1.28 bits per heavy atom. The molecule has 18 heavy (non-hydrogen) atoms. The monoisotopic (exact) mass is 249 g/mol. The van der Waals surface area contributed by atoms with Crippen LogP contribution in [0, 0.1) is 5.92 Å². The van der Waals surface area contributed by atoms with Crippen molar-refractivity contribution in [2.75, 3.05) is 13.1 Å². The van der Waals surface area contributed by atoms with E-state index in [1.807, 2.05) is 18.2 Å². The van der Waals surface area contributed by atoms with Gasteiger partial charge in [-0.15, -0.1) is 0 Å². The van der Waals surface area contributed by atoms with Gasteiger partial charge in [0.05, 0.1) is 12.5 Å². The molecule has 0 heterocycles. The van der Waals surface area contributed by atoms with Gasteiger partial charge in [-0.2, -0.15) is 0 Å². The van der Waals surface area contributed by atoms with Crippen molar-refractivity contribution in [1.82, 2.24) is 5.32 Å². The molecule has 0 unspecified atom stereocenters. The summed E-state index contributed by atoms with van der Waals surface area (Å²) < 4.78 is 0. The van der Waals surface area contributed by atoms with Gasteiger partial charge in [-0.1, -0.05) is 37.3 Å². The van der Waals surface area contributed by atoms with E-state index in [-0.39, 0.29) is 11.7 Å². The fourth-order valence-corrected chi connectivity index (χ4v) is 1.58. The summed E-state index contributed by atoms with van der Waals surface area (Å²) in [6.07, 6.45) is 1.39. The van der Waals surface area contributed by atoms with Crippen molar-refractivity contribution in [3.05, 3.63) is 35.9 Å². The van der Waals surface area contributed by atoms with Crippen LogP contribution in [-0.2, 0) is 4.79 Å². The number of nitrogens with one attached hydrogen (secondary N) is 1. The molecule has 0 fully saturated rings. The van der Waals surface area contributed by atoms with Gasteiger partial charge in [0.25, 0.3) is 0 Å². The number of carbonyl (C=O) groups excluding carboxylic acids is 1. The maximum Gasteiger partial charge on any atom is 0.306 e. The largest absolute Gasteiger partial charge is 0.481 e. The van der Waals surface area contributed by atoms with Crippen LogP contribution in [0.15, 0.2) is 30.3 Å². The van der Waals surface area contributed by atoms with E-state index in [2.05, 4.69) is 5.32 Å². The second-order valence-corrected chi connectivity index (χ2v) is 4.35. The summed E-state index contributed by atoms with van der Waals surface area (Å²) in [4.78, 5) is 22.3. The molecular weight excluding hydrogens is 230 g/mol. The van der Waals surface area contributed by atoms with E-state index in [1.54, 1.807) is 19.1 Å². The highest BCUT2D eigenvalue weighted by Gasteiger charge is 2.09. The third kappa shape index (κ3) is 5.10. The number of ketones is 1. The molecule has 0 spiro atoms. The Hall–Kier alpha value is -1.68. The van der Waals surface area contributed by atoms with Crippen molar-refractivity contribution in [2.24, 2.45) is 5.92 Å². The number of rotatable bonds is 8. The van der Waals surface area contributed by atoms with Gasteiger partial charge in [-0.05, 0) is 19.4 Å². The Bertz CT molecular complexity index is 389. The third-order valence-corrected chi connectivity index (χ3v) is 2.79. The SMILES string of the molecule is C[C@H](CCCNCC(=O)c1ccccc1)C(=O)O. The number of carboxylic acid groups (broad SMARTS) is 1. The second-order valence-electron chi connectivity index (χ2n) is 4.35. The number of aliphatic carboxylic acids is 1. The molecule has 4 nitrogen and oxygen atoms in total. The molecule has 0 bridgehead atoms. The maximum absolute atomic E-state index is 11.7. The zero-order valence-corrected chi connectivity index (χ0v) is 10.6. The average molecular weight is 249 g/mol. The second kappa shape index (κ2) is 7.61. The summed E-state index contributed by atoms with van der Waals surface area (Å²) in [7, 11) is 0. The minimum atomic E-state index is -0.768. The van der Waals surface area contributed by atoms with Crippen molar-refractivity contribution in [3.8, 4) is 0 Å². The molecule has 0 saturated carbocycles. The van der Waals surface area contributed by atoms with E-state index in [0.29, 0.717) is 25.1 Å². The molecule has 0 aliphatic heterocycles. The molecule has 1 aromatic rings. The van der Waals surface area contributed by atoms with Gasteiger partial charge in [0.1, 0.15) is 0 Å². The van der Waals surface area contributed by atoms with Crippen LogP contribution in [0.5, 0.6) is 0 Å². The first kappa shape index (κ1) is 14.4. The Kier molecular flexibility index (Phi) is 6.08. The van der Waals surface area contributed by atoms with Gasteiger partial charge in [0.2, 0.25) is 0 Å². The summed E-state index contributed by atoms with van der Waals surface area (Å²) >= 11 is 0. The van der Waals surface area contributed by atoms with E-state index >= 15 is 0 Å². The van der Waals surface area contributed by atoms with Gasteiger partial charge in [-0.25, -0.2) is 0 Å². The zero-order valence-electron chi connectivity index (χ0n) is 10.6. The molecule has 0 saturated heterocycles. The minimum Gasteiger partial charge on any atom is -0.481 e. The fraction of sp³-hybridized carbons (Fsp3) is 0.429. The first-order chi connectivity index (χ1) is 8.61. The lowest BCUT2D eigenvalue weighted by Crippen LogP contribution is -2.24. The number of hydrogen-bond donors (Lipinski definition) is 2. The van der Waals surface area contributed by atoms with Gasteiger partial charge in [0, 0.05) is 5.56 Å². The lowest BCUT2D eigenvalue weighted by atomic mass is 10.1. The van der Waals surface area contributed by atoms with Crippen LogP contribution in [0.3, 0.4) is 0 Å². The Morgan fingerprint density at radius 3 is 2.56 bits per heavy atom. The van der Waals surface area contributed by atoms with Crippen molar-refractivity contribution in [1.29, 1.82) is 0 Å². The van der Waals surface area contributed by atoms with Crippen molar-refractivity contribution < 1.29 is 14.7 Å². The molecule has 1 aromatic carbocycles. The Labute approximate surface area is 107 Å². The van der Waals surface area contributed by atoms with Crippen LogP contribution in [0.4, 0.5) is 0 Å². The highest BCUT2D eigenvalue weighted by Crippen LogP contribution is 2.04. The van der Waals surface area contributed by atoms with E-state index in [1.165, 1.54) is 0 Å². The van der Waals surface area contributed by atoms with E-state index in [9.17, 15) is 9.59 Å². The highest BCUT2D eigenvalue weighted by molar-refractivity contribution is 5.97. The Balaban J connectivity index is 2.15. The van der Waals surface area contributed by atoms with Gasteiger partial charge < -0.3 is 10.4 Å². The summed E-state index contributed by atoms with van der Waals surface area (Å²) in [5.74, 6) is -1.03. The quantitative estimate of drug-likeness (QED) is 0.546. The van der Waals surface area contributed by atoms with Crippen LogP contribution < -0.4 is 5.32 Å². The summed E-state index contributed by atoms with van der Waals surface area (Å²) in [6.45, 7) is 2.65. The third-order valence-electron chi connectivity index (χ3n) is 2.79. The molecule has 0 amide bonds. The molecule has 0 aliphatic carbocycles. The van der Waals surface area contributed by atoms with Crippen molar-refractivity contribution in [3.63, 3.8) is 0 Å². The van der Waals surface area contributed by atoms with E-state index in [4.69, 9.17) is 5.11 Å². The molecular formula is C14H19NO3. The predicted octanol–water partition coefficient (Wildman–Crippen LogP) is 1.96. The lowest BCUT2D eigenvalue weighted by Gasteiger charge is -2.07. The topological polar surface area (TPSA) is 66.4 Å². The van der Waals surface area contributed by atoms with Crippen LogP contribution in [0.1, 0.15) is 30.1 Å².